The zero-order valence-corrected chi connectivity index (χ0v) is 35.7. The number of nitrogens with two attached hydrogens (primary N) is 2. The molecule has 3 aromatic heterocycles. The van der Waals surface area contributed by atoms with Crippen LogP contribution >= 0.6 is 0 Å². The van der Waals surface area contributed by atoms with Gasteiger partial charge in [0.15, 0.2) is 0 Å². The normalized spacial score (nSPS) is 13.5. The maximum atomic E-state index is 7.12. The lowest BCUT2D eigenvalue weighted by Gasteiger charge is -2.16. The number of benzene rings is 5. The van der Waals surface area contributed by atoms with Gasteiger partial charge in [-0.3, -0.25) is 4.99 Å². The molecule has 0 amide bonds. The monoisotopic (exact) mass is 800 g/mol. The summed E-state index contributed by atoms with van der Waals surface area (Å²) in [5.74, 6) is 1.43. The number of aliphatic imine (C=N–C) groups is 2. The van der Waals surface area contributed by atoms with E-state index in [2.05, 4.69) is 151 Å². The quantitative estimate of drug-likeness (QED) is 0.101. The number of aryl methyl sites for hydroxylation is 2. The van der Waals surface area contributed by atoms with E-state index in [1.54, 1.807) is 6.20 Å². The second-order valence-electron chi connectivity index (χ2n) is 15.7. The van der Waals surface area contributed by atoms with Gasteiger partial charge in [-0.15, -0.1) is 0 Å². The van der Waals surface area contributed by atoms with E-state index in [1.165, 1.54) is 39.0 Å². The number of allylic oxidation sites excluding steroid dienone is 3. The number of furan rings is 1. The van der Waals surface area contributed by atoms with Gasteiger partial charge in [-0.2, -0.15) is 0 Å². The highest BCUT2D eigenvalue weighted by atomic mass is 16.3. The van der Waals surface area contributed by atoms with Crippen molar-refractivity contribution in [2.75, 3.05) is 5.73 Å². The van der Waals surface area contributed by atoms with Gasteiger partial charge in [0.1, 0.15) is 17.2 Å². The first-order valence-corrected chi connectivity index (χ1v) is 21.5. The first-order chi connectivity index (χ1) is 29.8. The molecule has 0 atom stereocenters. The second kappa shape index (κ2) is 16.5. The fraction of sp³-hybridized carbons (Fsp3) is 0.185. The van der Waals surface area contributed by atoms with Gasteiger partial charge in [0.2, 0.25) is 0 Å². The summed E-state index contributed by atoms with van der Waals surface area (Å²) in [5.41, 5.74) is 30.6. The highest BCUT2D eigenvalue weighted by Gasteiger charge is 2.23. The van der Waals surface area contributed by atoms with Gasteiger partial charge in [-0.05, 0) is 122 Å². The third-order valence-corrected chi connectivity index (χ3v) is 12.0. The molecule has 0 aliphatic carbocycles. The molecule has 304 valence electrons. The third-order valence-electron chi connectivity index (χ3n) is 12.0. The van der Waals surface area contributed by atoms with Gasteiger partial charge in [0, 0.05) is 63.2 Å². The summed E-state index contributed by atoms with van der Waals surface area (Å²) in [5, 5.41) is 3.22. The van der Waals surface area contributed by atoms with Crippen molar-refractivity contribution in [3.05, 3.63) is 155 Å². The summed E-state index contributed by atoms with van der Waals surface area (Å²) in [6, 6.07) is 36.6. The Balaban J connectivity index is 1.20. The van der Waals surface area contributed by atoms with Crippen LogP contribution in [0.3, 0.4) is 0 Å². The van der Waals surface area contributed by atoms with Crippen LogP contribution in [-0.2, 0) is 12.8 Å². The molecule has 1 aliphatic rings. The topological polar surface area (TPSA) is 99.8 Å². The minimum atomic E-state index is 0.465. The number of anilines is 1. The van der Waals surface area contributed by atoms with Crippen LogP contribution in [0.4, 0.5) is 11.4 Å². The van der Waals surface area contributed by atoms with E-state index in [1.807, 2.05) is 31.2 Å². The fourth-order valence-corrected chi connectivity index (χ4v) is 9.01. The van der Waals surface area contributed by atoms with Crippen LogP contribution in [0.5, 0.6) is 0 Å². The first kappa shape index (κ1) is 39.3. The summed E-state index contributed by atoms with van der Waals surface area (Å²) < 4.78 is 11.4. The Morgan fingerprint density at radius 2 is 1.61 bits per heavy atom. The van der Waals surface area contributed by atoms with Gasteiger partial charge in [0.25, 0.3) is 0 Å². The molecule has 0 unspecified atom stereocenters. The Morgan fingerprint density at radius 3 is 2.38 bits per heavy atom. The molecule has 5 aromatic carbocycles. The Labute approximate surface area is 357 Å². The van der Waals surface area contributed by atoms with Crippen LogP contribution in [0.15, 0.2) is 136 Å². The number of rotatable bonds is 11. The molecule has 1 aliphatic heterocycles. The van der Waals surface area contributed by atoms with E-state index in [0.717, 1.165) is 105 Å². The van der Waals surface area contributed by atoms with Gasteiger partial charge >= 0.3 is 0 Å². The van der Waals surface area contributed by atoms with Crippen molar-refractivity contribution >= 4 is 74.0 Å². The lowest BCUT2D eigenvalue weighted by Crippen LogP contribution is -2.13. The lowest BCUT2D eigenvalue weighted by atomic mass is 9.97. The van der Waals surface area contributed by atoms with E-state index in [0.29, 0.717) is 5.84 Å². The number of hydrogen-bond acceptors (Lipinski definition) is 4. The molecule has 61 heavy (non-hydrogen) atoms. The standard InChI is InChI=1S/C54H52N6O/c1-6-10-20-48-52(55)44-30-36(40-18-13-14-19-41(40)54(56)58-28-7-2)23-25-46(44)60(48)38-24-27-51-43(33-38)42(50(9-4)61-51)32-37(8-3)59-47-26-22-35(39-17-12-11-16-34(39)5)31-45(47)53-49(59)21-15-29-57-53/h7,10-14,16-20,22-33H,6,8-9,15,21,55H2,1-5H3,(H2,56,58)/b20-10-,28-7-,37-32+. The SMILES string of the molecule is C/C=C\N=C(N)c1ccccc1-c1ccc2c(c1)c(N)c(/C=C\CC)n2-c1ccc2oc(CC)c(/C=C(\CC)n3c4c(c5cc(-c6ccccc6C)ccc53)N=CCC4)c2c1. The Bertz CT molecular complexity index is 3140. The zero-order chi connectivity index (χ0) is 42.2. The van der Waals surface area contributed by atoms with Gasteiger partial charge < -0.3 is 25.0 Å². The van der Waals surface area contributed by atoms with Crippen molar-refractivity contribution in [2.24, 2.45) is 15.7 Å². The van der Waals surface area contributed by atoms with Crippen LogP contribution in [0, 0.1) is 6.92 Å². The van der Waals surface area contributed by atoms with Crippen LogP contribution in [-0.4, -0.2) is 21.2 Å². The maximum absolute atomic E-state index is 7.12. The second-order valence-corrected chi connectivity index (χ2v) is 15.7. The summed E-state index contributed by atoms with van der Waals surface area (Å²) in [4.78, 5) is 9.47. The third kappa shape index (κ3) is 6.90. The van der Waals surface area contributed by atoms with E-state index < -0.39 is 0 Å². The number of amidine groups is 1. The molecular weight excluding hydrogens is 749 g/mol. The molecule has 0 bridgehead atoms. The molecular formula is C54H52N6O. The van der Waals surface area contributed by atoms with Gasteiger partial charge in [-0.1, -0.05) is 93.6 Å². The minimum Gasteiger partial charge on any atom is -0.460 e. The largest absolute Gasteiger partial charge is 0.460 e. The average molecular weight is 801 g/mol. The molecule has 0 saturated heterocycles. The van der Waals surface area contributed by atoms with E-state index in [9.17, 15) is 0 Å². The first-order valence-electron chi connectivity index (χ1n) is 21.5. The summed E-state index contributed by atoms with van der Waals surface area (Å²) in [6.45, 7) is 10.7. The summed E-state index contributed by atoms with van der Waals surface area (Å²) in [7, 11) is 0. The molecule has 8 aromatic rings. The zero-order valence-electron chi connectivity index (χ0n) is 35.7. The van der Waals surface area contributed by atoms with E-state index in [4.69, 9.17) is 20.9 Å². The average Bonchev–Trinajstić information content (AvgIpc) is 3.92. The van der Waals surface area contributed by atoms with Crippen molar-refractivity contribution < 1.29 is 4.42 Å². The van der Waals surface area contributed by atoms with Crippen LogP contribution in [0.1, 0.15) is 80.8 Å². The molecule has 4 heterocycles. The predicted molar refractivity (Wildman–Crippen MR) is 260 cm³/mol. The maximum Gasteiger partial charge on any atom is 0.135 e. The molecule has 4 N–H and O–H groups in total. The Kier molecular flexibility index (Phi) is 10.6. The van der Waals surface area contributed by atoms with Gasteiger partial charge in [-0.25, -0.2) is 4.99 Å². The van der Waals surface area contributed by atoms with Crippen molar-refractivity contribution in [3.8, 4) is 27.9 Å². The lowest BCUT2D eigenvalue weighted by molar-refractivity contribution is 0.556. The number of hydrogen-bond donors (Lipinski definition) is 2. The molecule has 0 saturated carbocycles. The molecule has 7 nitrogen and oxygen atoms in total. The predicted octanol–water partition coefficient (Wildman–Crippen LogP) is 13.8. The fourth-order valence-electron chi connectivity index (χ4n) is 9.01. The van der Waals surface area contributed by atoms with Crippen LogP contribution in [0.2, 0.25) is 0 Å². The Morgan fingerprint density at radius 1 is 0.852 bits per heavy atom. The smallest absolute Gasteiger partial charge is 0.135 e. The van der Waals surface area contributed by atoms with E-state index in [-0.39, 0.29) is 0 Å². The van der Waals surface area contributed by atoms with Crippen molar-refractivity contribution in [2.45, 2.75) is 66.7 Å². The van der Waals surface area contributed by atoms with Crippen LogP contribution < -0.4 is 11.5 Å². The van der Waals surface area contributed by atoms with Gasteiger partial charge in [0.05, 0.1) is 28.1 Å². The summed E-state index contributed by atoms with van der Waals surface area (Å²) in [6.07, 6.45) is 16.7. The number of fused-ring (bicyclic) bond motifs is 5. The number of aromatic nitrogens is 2. The Hall–Kier alpha value is -7.12. The molecule has 9 rings (SSSR count). The van der Waals surface area contributed by atoms with Crippen molar-refractivity contribution in [1.82, 2.24) is 9.13 Å². The van der Waals surface area contributed by atoms with Crippen molar-refractivity contribution in [3.63, 3.8) is 0 Å². The number of nitrogens with zero attached hydrogens (tertiary/aromatic N) is 4. The molecule has 0 spiro atoms. The van der Waals surface area contributed by atoms with Crippen molar-refractivity contribution in [1.29, 1.82) is 0 Å². The highest BCUT2D eigenvalue weighted by Crippen LogP contribution is 2.43. The minimum absolute atomic E-state index is 0.465. The molecule has 0 radical (unpaired) electrons. The highest BCUT2D eigenvalue weighted by molar-refractivity contribution is 6.07. The van der Waals surface area contributed by atoms with Crippen LogP contribution in [0.25, 0.3) is 78.6 Å². The molecule has 7 heteroatoms. The van der Waals surface area contributed by atoms with E-state index >= 15 is 0 Å². The number of nitrogen functional groups attached to an aromatic ring is 1. The summed E-state index contributed by atoms with van der Waals surface area (Å²) >= 11 is 0. The molecule has 0 fully saturated rings.